The summed E-state index contributed by atoms with van der Waals surface area (Å²) in [6.07, 6.45) is 1.60. The van der Waals surface area contributed by atoms with Gasteiger partial charge in [-0.3, -0.25) is 0 Å². The summed E-state index contributed by atoms with van der Waals surface area (Å²) in [5, 5.41) is 0. The van der Waals surface area contributed by atoms with Gasteiger partial charge in [-0.1, -0.05) is 28.1 Å². The SMILES string of the molecule is Nc1cc(Br)cc(Oc2cnc3ccccc3n2)c1. The molecule has 0 spiro atoms. The minimum atomic E-state index is 0.441. The van der Waals surface area contributed by atoms with Crippen molar-refractivity contribution < 1.29 is 4.74 Å². The molecule has 19 heavy (non-hydrogen) atoms. The van der Waals surface area contributed by atoms with E-state index in [-0.39, 0.29) is 0 Å². The maximum atomic E-state index is 5.76. The lowest BCUT2D eigenvalue weighted by atomic mass is 10.3. The standard InChI is InChI=1S/C14H10BrN3O/c15-9-5-10(16)7-11(6-9)19-14-8-17-12-3-1-2-4-13(12)18-14/h1-8H,16H2. The minimum Gasteiger partial charge on any atom is -0.437 e. The van der Waals surface area contributed by atoms with Gasteiger partial charge in [0, 0.05) is 16.2 Å². The first kappa shape index (κ1) is 11.9. The zero-order valence-corrected chi connectivity index (χ0v) is 11.5. The number of ether oxygens (including phenoxy) is 1. The molecule has 0 atom stereocenters. The first-order valence-corrected chi connectivity index (χ1v) is 6.46. The van der Waals surface area contributed by atoms with Crippen molar-refractivity contribution in [1.29, 1.82) is 0 Å². The Bertz CT molecular complexity index is 725. The second kappa shape index (κ2) is 4.85. The average molecular weight is 316 g/mol. The maximum absolute atomic E-state index is 5.76. The molecule has 4 nitrogen and oxygen atoms in total. The Morgan fingerprint density at radius 3 is 2.63 bits per heavy atom. The van der Waals surface area contributed by atoms with Crippen LogP contribution in [0.5, 0.6) is 11.6 Å². The van der Waals surface area contributed by atoms with Gasteiger partial charge >= 0.3 is 0 Å². The number of anilines is 1. The van der Waals surface area contributed by atoms with E-state index in [4.69, 9.17) is 10.5 Å². The normalized spacial score (nSPS) is 10.6. The van der Waals surface area contributed by atoms with Crippen molar-refractivity contribution in [3.8, 4) is 11.6 Å². The number of nitrogens with zero attached hydrogens (tertiary/aromatic N) is 2. The molecular weight excluding hydrogens is 306 g/mol. The summed E-state index contributed by atoms with van der Waals surface area (Å²) in [6.45, 7) is 0. The molecule has 3 aromatic rings. The summed E-state index contributed by atoms with van der Waals surface area (Å²) in [6, 6.07) is 13.0. The van der Waals surface area contributed by atoms with Crippen LogP contribution < -0.4 is 10.5 Å². The molecule has 0 saturated carbocycles. The summed E-state index contributed by atoms with van der Waals surface area (Å²) in [4.78, 5) is 8.68. The lowest BCUT2D eigenvalue weighted by molar-refractivity contribution is 0.463. The number of hydrogen-bond donors (Lipinski definition) is 1. The molecular formula is C14H10BrN3O. The van der Waals surface area contributed by atoms with Crippen LogP contribution in [0.4, 0.5) is 5.69 Å². The van der Waals surface area contributed by atoms with Crippen LogP contribution in [0.15, 0.2) is 53.1 Å². The van der Waals surface area contributed by atoms with Crippen LogP contribution in [0.25, 0.3) is 11.0 Å². The van der Waals surface area contributed by atoms with E-state index in [9.17, 15) is 0 Å². The minimum absolute atomic E-state index is 0.441. The van der Waals surface area contributed by atoms with E-state index in [1.807, 2.05) is 30.3 Å². The van der Waals surface area contributed by atoms with Gasteiger partial charge in [-0.2, -0.15) is 0 Å². The van der Waals surface area contributed by atoms with Crippen LogP contribution in [-0.2, 0) is 0 Å². The van der Waals surface area contributed by atoms with Crippen LogP contribution >= 0.6 is 15.9 Å². The Hall–Kier alpha value is -2.14. The number of rotatable bonds is 2. The monoisotopic (exact) mass is 315 g/mol. The van der Waals surface area contributed by atoms with Crippen molar-refractivity contribution in [3.63, 3.8) is 0 Å². The maximum Gasteiger partial charge on any atom is 0.238 e. The van der Waals surface area contributed by atoms with Gasteiger partial charge < -0.3 is 10.5 Å². The van der Waals surface area contributed by atoms with Gasteiger partial charge in [-0.25, -0.2) is 9.97 Å². The fraction of sp³-hybridized carbons (Fsp3) is 0. The number of fused-ring (bicyclic) bond motifs is 1. The van der Waals surface area contributed by atoms with E-state index in [0.717, 1.165) is 15.5 Å². The number of aromatic nitrogens is 2. The summed E-state index contributed by atoms with van der Waals surface area (Å²) in [7, 11) is 0. The molecule has 5 heteroatoms. The van der Waals surface area contributed by atoms with Crippen LogP contribution in [0.3, 0.4) is 0 Å². The van der Waals surface area contributed by atoms with E-state index >= 15 is 0 Å². The van der Waals surface area contributed by atoms with Gasteiger partial charge in [0.15, 0.2) is 0 Å². The molecule has 0 aliphatic heterocycles. The third-order valence-electron chi connectivity index (χ3n) is 2.54. The highest BCUT2D eigenvalue weighted by Gasteiger charge is 2.03. The molecule has 2 N–H and O–H groups in total. The molecule has 0 aliphatic carbocycles. The van der Waals surface area contributed by atoms with Gasteiger partial charge in [-0.05, 0) is 24.3 Å². The third-order valence-corrected chi connectivity index (χ3v) is 3.00. The molecule has 1 aromatic heterocycles. The highest BCUT2D eigenvalue weighted by Crippen LogP contribution is 2.26. The fourth-order valence-corrected chi connectivity index (χ4v) is 2.24. The van der Waals surface area contributed by atoms with Crippen molar-refractivity contribution in [1.82, 2.24) is 9.97 Å². The molecule has 2 aromatic carbocycles. The highest BCUT2D eigenvalue weighted by molar-refractivity contribution is 9.10. The Morgan fingerprint density at radius 1 is 1.05 bits per heavy atom. The molecule has 0 aliphatic rings. The average Bonchev–Trinajstić information content (AvgIpc) is 2.37. The van der Waals surface area contributed by atoms with E-state index in [1.165, 1.54) is 0 Å². The Balaban J connectivity index is 1.96. The lowest BCUT2D eigenvalue weighted by Gasteiger charge is -2.06. The number of para-hydroxylation sites is 2. The quantitative estimate of drug-likeness (QED) is 0.731. The van der Waals surface area contributed by atoms with E-state index in [1.54, 1.807) is 18.3 Å². The van der Waals surface area contributed by atoms with E-state index < -0.39 is 0 Å². The topological polar surface area (TPSA) is 61.0 Å². The summed E-state index contributed by atoms with van der Waals surface area (Å²) in [5.74, 6) is 1.06. The molecule has 0 unspecified atom stereocenters. The Morgan fingerprint density at radius 2 is 1.84 bits per heavy atom. The first-order chi connectivity index (χ1) is 9.20. The molecule has 0 fully saturated rings. The molecule has 1 heterocycles. The van der Waals surface area contributed by atoms with Crippen LogP contribution in [0.2, 0.25) is 0 Å². The van der Waals surface area contributed by atoms with Gasteiger partial charge in [0.05, 0.1) is 17.2 Å². The number of benzene rings is 2. The van der Waals surface area contributed by atoms with Gasteiger partial charge in [0.2, 0.25) is 5.88 Å². The first-order valence-electron chi connectivity index (χ1n) is 5.66. The molecule has 0 saturated heterocycles. The van der Waals surface area contributed by atoms with Crippen LogP contribution in [0, 0.1) is 0 Å². The van der Waals surface area contributed by atoms with E-state index in [0.29, 0.717) is 17.3 Å². The molecule has 0 amide bonds. The summed E-state index contributed by atoms with van der Waals surface area (Å²) < 4.78 is 6.52. The predicted molar refractivity (Wildman–Crippen MR) is 78.2 cm³/mol. The second-order valence-electron chi connectivity index (χ2n) is 4.02. The zero-order chi connectivity index (χ0) is 13.2. The Kier molecular flexibility index (Phi) is 3.05. The second-order valence-corrected chi connectivity index (χ2v) is 4.93. The van der Waals surface area contributed by atoms with Crippen molar-refractivity contribution >= 4 is 32.7 Å². The van der Waals surface area contributed by atoms with Crippen molar-refractivity contribution in [2.24, 2.45) is 0 Å². The van der Waals surface area contributed by atoms with Crippen molar-refractivity contribution in [3.05, 3.63) is 53.1 Å². The van der Waals surface area contributed by atoms with E-state index in [2.05, 4.69) is 25.9 Å². The van der Waals surface area contributed by atoms with Crippen molar-refractivity contribution in [2.75, 3.05) is 5.73 Å². The predicted octanol–water partition coefficient (Wildman–Crippen LogP) is 3.77. The van der Waals surface area contributed by atoms with Crippen LogP contribution in [0.1, 0.15) is 0 Å². The summed E-state index contributed by atoms with van der Waals surface area (Å²) >= 11 is 3.37. The van der Waals surface area contributed by atoms with Crippen LogP contribution in [-0.4, -0.2) is 9.97 Å². The zero-order valence-electron chi connectivity index (χ0n) is 9.88. The highest BCUT2D eigenvalue weighted by atomic mass is 79.9. The Labute approximate surface area is 118 Å². The number of halogens is 1. The molecule has 0 radical (unpaired) electrons. The fourth-order valence-electron chi connectivity index (χ4n) is 1.75. The smallest absolute Gasteiger partial charge is 0.238 e. The van der Waals surface area contributed by atoms with Gasteiger partial charge in [0.25, 0.3) is 0 Å². The van der Waals surface area contributed by atoms with Gasteiger partial charge in [0.1, 0.15) is 5.75 Å². The number of nitrogen functional groups attached to an aromatic ring is 1. The largest absolute Gasteiger partial charge is 0.437 e. The molecule has 0 bridgehead atoms. The van der Waals surface area contributed by atoms with Gasteiger partial charge in [-0.15, -0.1) is 0 Å². The third kappa shape index (κ3) is 2.66. The lowest BCUT2D eigenvalue weighted by Crippen LogP contribution is -1.92. The number of hydrogen-bond acceptors (Lipinski definition) is 4. The number of nitrogens with two attached hydrogens (primary N) is 1. The molecule has 3 rings (SSSR count). The molecule has 94 valence electrons. The van der Waals surface area contributed by atoms with Crippen molar-refractivity contribution in [2.45, 2.75) is 0 Å². The summed E-state index contributed by atoms with van der Waals surface area (Å²) in [5.41, 5.74) is 8.01.